The quantitative estimate of drug-likeness (QED) is 0.879. The highest BCUT2D eigenvalue weighted by Gasteiger charge is 2.18. The van der Waals surface area contributed by atoms with E-state index in [1.807, 2.05) is 0 Å². The normalized spacial score (nSPS) is 21.7. The number of hydrogen-bond donors (Lipinski definition) is 1. The van der Waals surface area contributed by atoms with E-state index in [4.69, 9.17) is 10.5 Å². The van der Waals surface area contributed by atoms with Crippen molar-refractivity contribution in [1.29, 1.82) is 0 Å². The third-order valence-electron chi connectivity index (χ3n) is 3.18. The zero-order valence-corrected chi connectivity index (χ0v) is 9.66. The van der Waals surface area contributed by atoms with E-state index in [0.29, 0.717) is 6.42 Å². The van der Waals surface area contributed by atoms with Crippen molar-refractivity contribution in [1.82, 2.24) is 0 Å². The third kappa shape index (κ3) is 3.23. The molecule has 2 rings (SSSR count). The summed E-state index contributed by atoms with van der Waals surface area (Å²) in [6.07, 6.45) is 3.77. The largest absolute Gasteiger partial charge is 0.378 e. The van der Waals surface area contributed by atoms with Crippen LogP contribution in [0.15, 0.2) is 18.2 Å². The fraction of sp³-hybridized carbons (Fsp3) is 0.538. The van der Waals surface area contributed by atoms with Gasteiger partial charge in [0, 0.05) is 18.2 Å². The fourth-order valence-corrected chi connectivity index (χ4v) is 2.19. The molecule has 0 radical (unpaired) electrons. The molecule has 0 spiro atoms. The molecule has 1 aliphatic rings. The molecule has 0 saturated carbocycles. The van der Waals surface area contributed by atoms with Crippen LogP contribution in [0.2, 0.25) is 0 Å². The zero-order chi connectivity index (χ0) is 12.3. The molecule has 0 bridgehead atoms. The first-order chi connectivity index (χ1) is 8.16. The maximum atomic E-state index is 13.4. The van der Waals surface area contributed by atoms with Gasteiger partial charge in [-0.15, -0.1) is 0 Å². The van der Waals surface area contributed by atoms with Crippen LogP contribution in [-0.2, 0) is 4.74 Å². The Morgan fingerprint density at radius 1 is 1.41 bits per heavy atom. The number of ether oxygens (including phenoxy) is 1. The molecular weight excluding hydrogens is 224 g/mol. The lowest BCUT2D eigenvalue weighted by molar-refractivity contribution is 0.101. The first-order valence-corrected chi connectivity index (χ1v) is 5.99. The summed E-state index contributed by atoms with van der Waals surface area (Å²) in [5.41, 5.74) is 6.13. The van der Waals surface area contributed by atoms with E-state index in [2.05, 4.69) is 0 Å². The standard InChI is InChI=1S/C13H17F2NO/c14-9-3-5-12(15)11(8-9)13(16)6-4-10-2-1-7-17-10/h3,5,8,10,13H,1-2,4,6-7,16H2. The Hall–Kier alpha value is -1.00. The van der Waals surface area contributed by atoms with Gasteiger partial charge in [0.1, 0.15) is 11.6 Å². The summed E-state index contributed by atoms with van der Waals surface area (Å²) >= 11 is 0. The van der Waals surface area contributed by atoms with E-state index in [-0.39, 0.29) is 11.7 Å². The van der Waals surface area contributed by atoms with Gasteiger partial charge < -0.3 is 10.5 Å². The first-order valence-electron chi connectivity index (χ1n) is 5.99. The van der Waals surface area contributed by atoms with Crippen LogP contribution in [0.3, 0.4) is 0 Å². The highest BCUT2D eigenvalue weighted by molar-refractivity contribution is 5.21. The van der Waals surface area contributed by atoms with Crippen LogP contribution in [0.25, 0.3) is 0 Å². The summed E-state index contributed by atoms with van der Waals surface area (Å²) in [6.45, 7) is 0.800. The van der Waals surface area contributed by atoms with E-state index in [1.54, 1.807) is 0 Å². The Morgan fingerprint density at radius 3 is 2.94 bits per heavy atom. The van der Waals surface area contributed by atoms with Crippen molar-refractivity contribution in [2.45, 2.75) is 37.8 Å². The van der Waals surface area contributed by atoms with E-state index in [9.17, 15) is 8.78 Å². The fourth-order valence-electron chi connectivity index (χ4n) is 2.19. The molecule has 0 aliphatic carbocycles. The topological polar surface area (TPSA) is 35.2 Å². The number of benzene rings is 1. The van der Waals surface area contributed by atoms with E-state index < -0.39 is 17.7 Å². The minimum absolute atomic E-state index is 0.234. The third-order valence-corrected chi connectivity index (χ3v) is 3.18. The zero-order valence-electron chi connectivity index (χ0n) is 9.66. The number of rotatable bonds is 4. The number of nitrogens with two attached hydrogens (primary N) is 1. The van der Waals surface area contributed by atoms with Crippen LogP contribution >= 0.6 is 0 Å². The number of halogens is 2. The van der Waals surface area contributed by atoms with Crippen LogP contribution < -0.4 is 5.73 Å². The van der Waals surface area contributed by atoms with Gasteiger partial charge in [0.15, 0.2) is 0 Å². The Morgan fingerprint density at radius 2 is 2.24 bits per heavy atom. The second-order valence-electron chi connectivity index (χ2n) is 4.48. The van der Waals surface area contributed by atoms with Crippen molar-refractivity contribution < 1.29 is 13.5 Å². The van der Waals surface area contributed by atoms with E-state index >= 15 is 0 Å². The maximum Gasteiger partial charge on any atom is 0.128 e. The highest BCUT2D eigenvalue weighted by atomic mass is 19.1. The predicted octanol–water partition coefficient (Wildman–Crippen LogP) is 2.92. The molecule has 1 heterocycles. The average molecular weight is 241 g/mol. The van der Waals surface area contributed by atoms with Gasteiger partial charge in [-0.3, -0.25) is 0 Å². The molecule has 4 heteroatoms. The molecule has 2 nitrogen and oxygen atoms in total. The molecule has 2 N–H and O–H groups in total. The van der Waals surface area contributed by atoms with Gasteiger partial charge in [-0.2, -0.15) is 0 Å². The molecule has 94 valence electrons. The predicted molar refractivity (Wildman–Crippen MR) is 61.5 cm³/mol. The summed E-state index contributed by atoms with van der Waals surface area (Å²) in [5, 5.41) is 0. The van der Waals surface area contributed by atoms with E-state index in [0.717, 1.165) is 38.0 Å². The maximum absolute atomic E-state index is 13.4. The van der Waals surface area contributed by atoms with Crippen LogP contribution in [0, 0.1) is 11.6 Å². The molecule has 0 aromatic heterocycles. The Bertz CT molecular complexity index is 378. The lowest BCUT2D eigenvalue weighted by Gasteiger charge is -2.15. The van der Waals surface area contributed by atoms with Crippen LogP contribution in [-0.4, -0.2) is 12.7 Å². The van der Waals surface area contributed by atoms with Gasteiger partial charge >= 0.3 is 0 Å². The summed E-state index contributed by atoms with van der Waals surface area (Å²) < 4.78 is 31.9. The molecule has 0 amide bonds. The molecule has 1 saturated heterocycles. The highest BCUT2D eigenvalue weighted by Crippen LogP contribution is 2.24. The van der Waals surface area contributed by atoms with Crippen molar-refractivity contribution in [3.8, 4) is 0 Å². The van der Waals surface area contributed by atoms with Gasteiger partial charge in [-0.05, 0) is 43.9 Å². The molecular formula is C13H17F2NO. The molecule has 2 unspecified atom stereocenters. The van der Waals surface area contributed by atoms with Crippen molar-refractivity contribution in [2.24, 2.45) is 5.73 Å². The Balaban J connectivity index is 1.93. The van der Waals surface area contributed by atoms with Gasteiger partial charge in [0.25, 0.3) is 0 Å². The van der Waals surface area contributed by atoms with Crippen LogP contribution in [0.1, 0.15) is 37.3 Å². The molecule has 1 aromatic carbocycles. The summed E-state index contributed by atoms with van der Waals surface area (Å²) in [6, 6.07) is 2.94. The number of hydrogen-bond acceptors (Lipinski definition) is 2. The lowest BCUT2D eigenvalue weighted by Crippen LogP contribution is -2.16. The molecule has 17 heavy (non-hydrogen) atoms. The monoisotopic (exact) mass is 241 g/mol. The second kappa shape index (κ2) is 5.56. The van der Waals surface area contributed by atoms with Crippen LogP contribution in [0.4, 0.5) is 8.78 Å². The van der Waals surface area contributed by atoms with Crippen LogP contribution in [0.5, 0.6) is 0 Å². The van der Waals surface area contributed by atoms with Gasteiger partial charge in [-0.1, -0.05) is 0 Å². The van der Waals surface area contributed by atoms with Gasteiger partial charge in [-0.25, -0.2) is 8.78 Å². The van der Waals surface area contributed by atoms with Crippen molar-refractivity contribution in [2.75, 3.05) is 6.61 Å². The van der Waals surface area contributed by atoms with Crippen molar-refractivity contribution in [3.05, 3.63) is 35.4 Å². The molecule has 1 aromatic rings. The Labute approximate surface area is 99.8 Å². The average Bonchev–Trinajstić information content (AvgIpc) is 2.82. The summed E-state index contributed by atoms with van der Waals surface area (Å²) in [5.74, 6) is -0.889. The lowest BCUT2D eigenvalue weighted by atomic mass is 9.99. The van der Waals surface area contributed by atoms with Gasteiger partial charge in [0.05, 0.1) is 6.10 Å². The molecule has 2 atom stereocenters. The van der Waals surface area contributed by atoms with Crippen molar-refractivity contribution >= 4 is 0 Å². The summed E-state index contributed by atoms with van der Waals surface area (Å²) in [4.78, 5) is 0. The minimum Gasteiger partial charge on any atom is -0.378 e. The Kier molecular flexibility index (Phi) is 4.07. The minimum atomic E-state index is -0.463. The van der Waals surface area contributed by atoms with E-state index in [1.165, 1.54) is 6.07 Å². The smallest absolute Gasteiger partial charge is 0.128 e. The first kappa shape index (κ1) is 12.5. The molecule has 1 aliphatic heterocycles. The van der Waals surface area contributed by atoms with Gasteiger partial charge in [0.2, 0.25) is 0 Å². The summed E-state index contributed by atoms with van der Waals surface area (Å²) in [7, 11) is 0. The second-order valence-corrected chi connectivity index (χ2v) is 4.48. The molecule has 1 fully saturated rings. The van der Waals surface area contributed by atoms with Crippen molar-refractivity contribution in [3.63, 3.8) is 0 Å². The SMILES string of the molecule is NC(CCC1CCCO1)c1cc(F)ccc1F.